The maximum atomic E-state index is 14.5. The van der Waals surface area contributed by atoms with E-state index in [1.54, 1.807) is 42.5 Å². The number of fused-ring (bicyclic) bond motifs is 16. The molecule has 0 saturated heterocycles. The molecule has 0 spiro atoms. The highest BCUT2D eigenvalue weighted by Gasteiger charge is 2.34. The Labute approximate surface area is 360 Å². The van der Waals surface area contributed by atoms with Gasteiger partial charge in [-0.2, -0.15) is 0 Å². The first-order chi connectivity index (χ1) is 29.9. The molecule has 7 rings (SSSR count). The van der Waals surface area contributed by atoms with Crippen LogP contribution in [-0.2, 0) is 59.2 Å². The molecule has 2 aliphatic rings. The number of aliphatic carboxylic acids is 2. The van der Waals surface area contributed by atoms with Crippen molar-refractivity contribution in [3.05, 3.63) is 148 Å². The van der Waals surface area contributed by atoms with Gasteiger partial charge in [-0.25, -0.2) is 4.79 Å². The van der Waals surface area contributed by atoms with Crippen LogP contribution in [0.15, 0.2) is 127 Å². The number of nitrogens with one attached hydrogen (secondary N) is 5. The van der Waals surface area contributed by atoms with E-state index in [1.165, 1.54) is 23.5 Å². The molecule has 1 aromatic heterocycles. The van der Waals surface area contributed by atoms with Crippen LogP contribution in [0, 0.1) is 0 Å². The van der Waals surface area contributed by atoms with E-state index in [0.29, 0.717) is 16.7 Å². The second-order valence-corrected chi connectivity index (χ2v) is 15.7. The molecule has 4 aromatic carbocycles. The Morgan fingerprint density at radius 3 is 1.79 bits per heavy atom. The smallest absolute Gasteiger partial charge is 0.326 e. The minimum atomic E-state index is -1.81. The number of hydrogen-bond donors (Lipinski definition) is 7. The lowest BCUT2D eigenvalue weighted by Crippen LogP contribution is -2.60. The quantitative estimate of drug-likeness (QED) is 0.0908. The van der Waals surface area contributed by atoms with Crippen molar-refractivity contribution in [1.82, 2.24) is 26.6 Å². The van der Waals surface area contributed by atoms with Gasteiger partial charge in [-0.1, -0.05) is 103 Å². The number of amides is 5. The third-order valence-electron chi connectivity index (χ3n) is 10.0. The summed E-state index contributed by atoms with van der Waals surface area (Å²) in [7, 11) is 0. The summed E-state index contributed by atoms with van der Waals surface area (Å²) < 4.78 is 5.72. The zero-order valence-electron chi connectivity index (χ0n) is 33.3. The summed E-state index contributed by atoms with van der Waals surface area (Å²) in [6.07, 6.45) is -1.08. The van der Waals surface area contributed by atoms with Gasteiger partial charge in [-0.05, 0) is 51.4 Å². The zero-order valence-corrected chi connectivity index (χ0v) is 34.1. The summed E-state index contributed by atoms with van der Waals surface area (Å²) in [5.74, 6) is -6.60. The molecule has 3 heterocycles. The second kappa shape index (κ2) is 21.3. The first kappa shape index (κ1) is 44.2. The molecule has 0 saturated carbocycles. The molecule has 2 bridgehead atoms. The molecule has 5 atom stereocenters. The lowest BCUT2D eigenvalue weighted by atomic mass is 9.99. The molecular formula is C46H45N5O10S. The maximum Gasteiger partial charge on any atom is 0.326 e. The highest BCUT2D eigenvalue weighted by molar-refractivity contribution is 7.09. The van der Waals surface area contributed by atoms with Crippen LogP contribution in [0.4, 0.5) is 0 Å². The van der Waals surface area contributed by atoms with Crippen LogP contribution in [0.1, 0.15) is 28.0 Å². The molecule has 320 valence electrons. The molecule has 15 nitrogen and oxygen atoms in total. The Hall–Kier alpha value is -7.33. The number of carbonyl (C=O) groups is 7. The third-order valence-corrected chi connectivity index (χ3v) is 10.9. The van der Waals surface area contributed by atoms with Gasteiger partial charge in [-0.15, -0.1) is 11.3 Å². The molecule has 5 aromatic rings. The summed E-state index contributed by atoms with van der Waals surface area (Å²) in [4.78, 5) is 94.3. The monoisotopic (exact) mass is 859 g/mol. The number of carboxylic acid groups (broad SMARTS) is 2. The lowest BCUT2D eigenvalue weighted by molar-refractivity contribution is -0.147. The minimum absolute atomic E-state index is 0.0196. The van der Waals surface area contributed by atoms with Crippen molar-refractivity contribution in [2.24, 2.45) is 0 Å². The fourth-order valence-electron chi connectivity index (χ4n) is 6.82. The maximum absolute atomic E-state index is 14.5. The summed E-state index contributed by atoms with van der Waals surface area (Å²) in [5, 5.41) is 34.1. The molecule has 0 radical (unpaired) electrons. The fourth-order valence-corrected chi connectivity index (χ4v) is 7.57. The first-order valence-corrected chi connectivity index (χ1v) is 20.7. The van der Waals surface area contributed by atoms with Crippen LogP contribution in [0.25, 0.3) is 11.1 Å². The molecule has 0 aliphatic carbocycles. The van der Waals surface area contributed by atoms with E-state index in [1.807, 2.05) is 72.1 Å². The van der Waals surface area contributed by atoms with E-state index in [9.17, 15) is 43.8 Å². The highest BCUT2D eigenvalue weighted by atomic mass is 32.1. The van der Waals surface area contributed by atoms with E-state index in [-0.39, 0.29) is 31.4 Å². The molecule has 0 fully saturated rings. The predicted molar refractivity (Wildman–Crippen MR) is 229 cm³/mol. The molecule has 5 amide bonds. The van der Waals surface area contributed by atoms with E-state index in [0.717, 1.165) is 16.0 Å². The molecule has 16 heteroatoms. The average molecular weight is 860 g/mol. The predicted octanol–water partition coefficient (Wildman–Crippen LogP) is 3.06. The summed E-state index contributed by atoms with van der Waals surface area (Å²) in [6.45, 7) is -0.465. The Morgan fingerprint density at radius 1 is 0.645 bits per heavy atom. The summed E-state index contributed by atoms with van der Waals surface area (Å²) in [5.41, 5.74) is 3.71. The lowest BCUT2D eigenvalue weighted by Gasteiger charge is -2.27. The number of hydrogen-bond acceptors (Lipinski definition) is 9. The van der Waals surface area contributed by atoms with Crippen LogP contribution in [0.3, 0.4) is 0 Å². The molecule has 2 aliphatic heterocycles. The largest absolute Gasteiger partial charge is 0.484 e. The Balaban J connectivity index is 1.36. The van der Waals surface area contributed by atoms with Gasteiger partial charge in [0, 0.05) is 30.6 Å². The summed E-state index contributed by atoms with van der Waals surface area (Å²) in [6, 6.07) is 28.7. The molecule has 62 heavy (non-hydrogen) atoms. The van der Waals surface area contributed by atoms with Crippen molar-refractivity contribution in [3.63, 3.8) is 0 Å². The highest BCUT2D eigenvalue weighted by Crippen LogP contribution is 2.21. The van der Waals surface area contributed by atoms with Crippen molar-refractivity contribution < 1.29 is 48.5 Å². The summed E-state index contributed by atoms with van der Waals surface area (Å²) >= 11 is 1.39. The number of carboxylic acids is 2. The van der Waals surface area contributed by atoms with Crippen LogP contribution in [0.5, 0.6) is 5.75 Å². The zero-order chi connectivity index (χ0) is 44.0. The number of benzene rings is 4. The van der Waals surface area contributed by atoms with Crippen molar-refractivity contribution in [2.75, 3.05) is 6.61 Å². The van der Waals surface area contributed by atoms with E-state index < -0.39 is 84.7 Å². The van der Waals surface area contributed by atoms with Crippen molar-refractivity contribution in [2.45, 2.75) is 62.3 Å². The van der Waals surface area contributed by atoms with Gasteiger partial charge >= 0.3 is 11.9 Å². The Morgan fingerprint density at radius 2 is 1.21 bits per heavy atom. The number of ether oxygens (including phenoxy) is 1. The van der Waals surface area contributed by atoms with Gasteiger partial charge in [0.05, 0.1) is 6.42 Å². The van der Waals surface area contributed by atoms with Crippen LogP contribution in [-0.4, -0.2) is 88.5 Å². The van der Waals surface area contributed by atoms with Gasteiger partial charge in [0.1, 0.15) is 36.0 Å². The van der Waals surface area contributed by atoms with Crippen molar-refractivity contribution >= 4 is 52.8 Å². The molecular weight excluding hydrogens is 815 g/mol. The standard InChI is InChI=1S/C46H45N5O10S/c52-40-27-61-33-19-15-30(16-20-33)24-37(44(57)51-39(46(59)60)26-41(53)54)49-42(55)35(22-28-8-3-1-4-9-28)48-43(56)36(50-45(58)38(47-40)25-34-12-7-21-62-34)23-29-13-17-32(18-14-29)31-10-5-2-6-11-31/h1-21,35-39H,22-27H2,(H,47,52)(H,48,56)(H,49,55)(H,50,58)(H,51,57)(H,53,54)(H,59,60)/t35-,36-,37-,38-,39-/m0/s1. The van der Waals surface area contributed by atoms with Crippen molar-refractivity contribution in [3.8, 4) is 16.9 Å². The van der Waals surface area contributed by atoms with Gasteiger partial charge in [0.2, 0.25) is 23.6 Å². The Bertz CT molecular complexity index is 2340. The molecule has 0 unspecified atom stereocenters. The number of thiophene rings is 1. The number of carbonyl (C=O) groups excluding carboxylic acids is 5. The SMILES string of the molecule is O=C(O)C[C@H](NC(=O)[C@@H]1Cc2ccc(cc2)OCC(=O)N[C@@H](Cc2cccs2)C(=O)N[C@@H](Cc2ccc(-c3ccccc3)cc2)C(=O)N[C@@H](Cc2ccccc2)C(=O)N1)C(=O)O. The van der Waals surface area contributed by atoms with Gasteiger partial charge < -0.3 is 41.5 Å². The number of rotatable bonds is 12. The minimum Gasteiger partial charge on any atom is -0.484 e. The van der Waals surface area contributed by atoms with E-state index >= 15 is 0 Å². The normalized spacial score (nSPS) is 19.2. The topological polar surface area (TPSA) is 229 Å². The van der Waals surface area contributed by atoms with Crippen molar-refractivity contribution in [1.29, 1.82) is 0 Å². The second-order valence-electron chi connectivity index (χ2n) is 14.7. The third kappa shape index (κ3) is 12.8. The molecule has 7 N–H and O–H groups in total. The van der Waals surface area contributed by atoms with Crippen LogP contribution >= 0.6 is 11.3 Å². The van der Waals surface area contributed by atoms with Gasteiger partial charge in [0.15, 0.2) is 6.61 Å². The van der Waals surface area contributed by atoms with E-state index in [2.05, 4.69) is 26.6 Å². The van der Waals surface area contributed by atoms with Gasteiger partial charge in [0.25, 0.3) is 5.91 Å². The first-order valence-electron chi connectivity index (χ1n) is 19.8. The Kier molecular flexibility index (Phi) is 15.2. The van der Waals surface area contributed by atoms with Crippen LogP contribution < -0.4 is 31.3 Å². The average Bonchev–Trinajstić information content (AvgIpc) is 3.78. The fraction of sp³-hybridized carbons (Fsp3) is 0.239. The van der Waals surface area contributed by atoms with Gasteiger partial charge in [-0.3, -0.25) is 28.8 Å². The van der Waals surface area contributed by atoms with E-state index in [4.69, 9.17) is 4.74 Å². The van der Waals surface area contributed by atoms with Crippen LogP contribution in [0.2, 0.25) is 0 Å².